The van der Waals surface area contributed by atoms with Crippen molar-refractivity contribution in [1.29, 1.82) is 5.26 Å². The number of anilines is 1. The molecule has 0 aliphatic heterocycles. The number of halogens is 1. The van der Waals surface area contributed by atoms with Crippen molar-refractivity contribution in [3.8, 4) is 6.07 Å². The van der Waals surface area contributed by atoms with Crippen LogP contribution in [-0.2, 0) is 10.2 Å². The third-order valence-electron chi connectivity index (χ3n) is 4.54. The molecule has 1 fully saturated rings. The molecule has 2 aromatic carbocycles. The first-order valence-electron chi connectivity index (χ1n) is 7.72. The number of amides is 1. The van der Waals surface area contributed by atoms with Gasteiger partial charge in [-0.2, -0.15) is 5.26 Å². The molecule has 1 saturated carbocycles. The molecule has 1 N–H and O–H groups in total. The molecule has 4 heteroatoms. The Hall–Kier alpha value is -2.31. The summed E-state index contributed by atoms with van der Waals surface area (Å²) < 4.78 is 0. The van der Waals surface area contributed by atoms with E-state index in [1.165, 1.54) is 0 Å². The van der Waals surface area contributed by atoms with Gasteiger partial charge in [-0.3, -0.25) is 4.79 Å². The van der Waals surface area contributed by atoms with E-state index in [0.717, 1.165) is 31.2 Å². The Morgan fingerprint density at radius 2 is 1.83 bits per heavy atom. The number of benzene rings is 2. The average Bonchev–Trinajstić information content (AvgIpc) is 3.06. The summed E-state index contributed by atoms with van der Waals surface area (Å²) in [6, 6.07) is 16.6. The highest BCUT2D eigenvalue weighted by Gasteiger charge is 2.42. The number of nitriles is 1. The molecule has 0 heterocycles. The second kappa shape index (κ2) is 6.44. The SMILES string of the molecule is N#Cc1cccc(NC(=O)C2(c3ccc(Cl)cc3)CCCC2)c1. The summed E-state index contributed by atoms with van der Waals surface area (Å²) in [6.07, 6.45) is 3.74. The highest BCUT2D eigenvalue weighted by Crippen LogP contribution is 2.42. The van der Waals surface area contributed by atoms with Gasteiger partial charge in [-0.15, -0.1) is 0 Å². The van der Waals surface area contributed by atoms with Crippen molar-refractivity contribution in [1.82, 2.24) is 0 Å². The topological polar surface area (TPSA) is 52.9 Å². The molecule has 1 aliphatic carbocycles. The van der Waals surface area contributed by atoms with Crippen LogP contribution in [0.1, 0.15) is 36.8 Å². The van der Waals surface area contributed by atoms with Crippen molar-refractivity contribution in [3.63, 3.8) is 0 Å². The van der Waals surface area contributed by atoms with Crippen molar-refractivity contribution >= 4 is 23.2 Å². The number of hydrogen-bond acceptors (Lipinski definition) is 2. The fourth-order valence-corrected chi connectivity index (χ4v) is 3.44. The monoisotopic (exact) mass is 324 g/mol. The van der Waals surface area contributed by atoms with E-state index in [1.54, 1.807) is 18.2 Å². The molecular weight excluding hydrogens is 308 g/mol. The van der Waals surface area contributed by atoms with Gasteiger partial charge < -0.3 is 5.32 Å². The van der Waals surface area contributed by atoms with E-state index in [9.17, 15) is 4.79 Å². The summed E-state index contributed by atoms with van der Waals surface area (Å²) >= 11 is 5.98. The lowest BCUT2D eigenvalue weighted by atomic mass is 9.78. The Kier molecular flexibility index (Phi) is 4.36. The standard InChI is InChI=1S/C19H17ClN2O/c20-16-8-6-15(7-9-16)19(10-1-2-11-19)18(23)22-17-5-3-4-14(12-17)13-21/h3-9,12H,1-2,10-11H2,(H,22,23). The summed E-state index contributed by atoms with van der Waals surface area (Å²) in [5.41, 5.74) is 1.70. The molecule has 1 amide bonds. The molecule has 3 nitrogen and oxygen atoms in total. The number of carbonyl (C=O) groups is 1. The van der Waals surface area contributed by atoms with Crippen molar-refractivity contribution in [2.75, 3.05) is 5.32 Å². The Balaban J connectivity index is 1.90. The summed E-state index contributed by atoms with van der Waals surface area (Å²) in [5.74, 6) is -0.00703. The Morgan fingerprint density at radius 3 is 2.48 bits per heavy atom. The van der Waals surface area contributed by atoms with E-state index in [0.29, 0.717) is 16.3 Å². The zero-order valence-corrected chi connectivity index (χ0v) is 13.4. The van der Waals surface area contributed by atoms with Gasteiger partial charge in [0.05, 0.1) is 17.0 Å². The van der Waals surface area contributed by atoms with Crippen LogP contribution in [0.15, 0.2) is 48.5 Å². The number of nitrogens with one attached hydrogen (secondary N) is 1. The first-order chi connectivity index (χ1) is 11.1. The largest absolute Gasteiger partial charge is 0.325 e. The van der Waals surface area contributed by atoms with E-state index in [4.69, 9.17) is 16.9 Å². The highest BCUT2D eigenvalue weighted by atomic mass is 35.5. The van der Waals surface area contributed by atoms with Crippen LogP contribution < -0.4 is 5.32 Å². The fourth-order valence-electron chi connectivity index (χ4n) is 3.31. The van der Waals surface area contributed by atoms with Crippen molar-refractivity contribution in [2.45, 2.75) is 31.1 Å². The van der Waals surface area contributed by atoms with Crippen LogP contribution in [0.2, 0.25) is 5.02 Å². The highest BCUT2D eigenvalue weighted by molar-refractivity contribution is 6.30. The Morgan fingerprint density at radius 1 is 1.13 bits per heavy atom. The van der Waals surface area contributed by atoms with Gasteiger partial charge in [0.15, 0.2) is 0 Å². The number of hydrogen-bond donors (Lipinski definition) is 1. The van der Waals surface area contributed by atoms with E-state index in [2.05, 4.69) is 11.4 Å². The van der Waals surface area contributed by atoms with Gasteiger partial charge in [0.1, 0.15) is 0 Å². The van der Waals surface area contributed by atoms with Crippen LogP contribution in [0.3, 0.4) is 0 Å². The summed E-state index contributed by atoms with van der Waals surface area (Å²) in [5, 5.41) is 12.6. The minimum Gasteiger partial charge on any atom is -0.325 e. The normalized spacial score (nSPS) is 15.8. The minimum atomic E-state index is -0.507. The molecule has 23 heavy (non-hydrogen) atoms. The van der Waals surface area contributed by atoms with Gasteiger partial charge in [0.25, 0.3) is 0 Å². The van der Waals surface area contributed by atoms with E-state index >= 15 is 0 Å². The smallest absolute Gasteiger partial charge is 0.235 e. The summed E-state index contributed by atoms with van der Waals surface area (Å²) in [4.78, 5) is 13.0. The minimum absolute atomic E-state index is 0.00703. The molecular formula is C19H17ClN2O. The average molecular weight is 325 g/mol. The maximum atomic E-state index is 13.0. The van der Waals surface area contributed by atoms with Gasteiger partial charge in [0, 0.05) is 10.7 Å². The second-order valence-electron chi connectivity index (χ2n) is 5.94. The van der Waals surface area contributed by atoms with Crippen LogP contribution in [0.4, 0.5) is 5.69 Å². The first-order valence-corrected chi connectivity index (χ1v) is 8.09. The molecule has 0 radical (unpaired) electrons. The quantitative estimate of drug-likeness (QED) is 0.892. The molecule has 0 unspecified atom stereocenters. The third-order valence-corrected chi connectivity index (χ3v) is 4.79. The Bertz CT molecular complexity index is 756. The van der Waals surface area contributed by atoms with E-state index < -0.39 is 5.41 Å². The van der Waals surface area contributed by atoms with Gasteiger partial charge in [-0.1, -0.05) is 42.6 Å². The van der Waals surface area contributed by atoms with Gasteiger partial charge in [0.2, 0.25) is 5.91 Å². The molecule has 0 saturated heterocycles. The Labute approximate surface area is 140 Å². The van der Waals surface area contributed by atoms with Crippen LogP contribution in [0.5, 0.6) is 0 Å². The van der Waals surface area contributed by atoms with Gasteiger partial charge in [-0.05, 0) is 48.7 Å². The maximum Gasteiger partial charge on any atom is 0.235 e. The van der Waals surface area contributed by atoms with Crippen LogP contribution in [0, 0.1) is 11.3 Å². The number of rotatable bonds is 3. The summed E-state index contributed by atoms with van der Waals surface area (Å²) in [6.45, 7) is 0. The van der Waals surface area contributed by atoms with E-state index in [-0.39, 0.29) is 5.91 Å². The predicted molar refractivity (Wildman–Crippen MR) is 91.4 cm³/mol. The molecule has 1 aliphatic rings. The molecule has 0 aromatic heterocycles. The third kappa shape index (κ3) is 3.09. The van der Waals surface area contributed by atoms with E-state index in [1.807, 2.05) is 30.3 Å². The van der Waals surface area contributed by atoms with Crippen LogP contribution in [0.25, 0.3) is 0 Å². The van der Waals surface area contributed by atoms with Crippen molar-refractivity contribution in [3.05, 3.63) is 64.7 Å². The van der Waals surface area contributed by atoms with Crippen LogP contribution >= 0.6 is 11.6 Å². The zero-order valence-electron chi connectivity index (χ0n) is 12.7. The van der Waals surface area contributed by atoms with Gasteiger partial charge >= 0.3 is 0 Å². The molecule has 0 atom stereocenters. The summed E-state index contributed by atoms with van der Waals surface area (Å²) in [7, 11) is 0. The molecule has 3 rings (SSSR count). The van der Waals surface area contributed by atoms with Crippen molar-refractivity contribution < 1.29 is 4.79 Å². The van der Waals surface area contributed by atoms with Crippen LogP contribution in [-0.4, -0.2) is 5.91 Å². The number of carbonyl (C=O) groups excluding carboxylic acids is 1. The number of nitrogens with zero attached hydrogens (tertiary/aromatic N) is 1. The first kappa shape index (κ1) is 15.6. The second-order valence-corrected chi connectivity index (χ2v) is 6.38. The molecule has 116 valence electrons. The fraction of sp³-hybridized carbons (Fsp3) is 0.263. The zero-order chi connectivity index (χ0) is 16.3. The maximum absolute atomic E-state index is 13.0. The lowest BCUT2D eigenvalue weighted by molar-refractivity contribution is -0.121. The lowest BCUT2D eigenvalue weighted by Gasteiger charge is -2.28. The molecule has 0 bridgehead atoms. The predicted octanol–water partition coefficient (Wildman–Crippen LogP) is 4.66. The molecule has 0 spiro atoms. The molecule has 2 aromatic rings. The lowest BCUT2D eigenvalue weighted by Crippen LogP contribution is -2.38. The van der Waals surface area contributed by atoms with Gasteiger partial charge in [-0.25, -0.2) is 0 Å². The van der Waals surface area contributed by atoms with Crippen molar-refractivity contribution in [2.24, 2.45) is 0 Å².